The smallest absolute Gasteiger partial charge is 0.341 e. The summed E-state index contributed by atoms with van der Waals surface area (Å²) in [6.07, 6.45) is 3.00. The van der Waals surface area contributed by atoms with E-state index in [-0.39, 0.29) is 89.7 Å². The topological polar surface area (TPSA) is 307 Å². The number of para-hydroxylation sites is 7. The average molecular weight is 1660 g/mol. The van der Waals surface area contributed by atoms with Crippen molar-refractivity contribution in [3.05, 3.63) is 327 Å². The number of benzene rings is 12. The third kappa shape index (κ3) is 22.4. The lowest BCUT2D eigenvalue weighted by Crippen LogP contribution is -2.08. The average Bonchev–Trinajstić information content (AvgIpc) is 0.809. The molecule has 12 rings (SSSR count). The fourth-order valence-electron chi connectivity index (χ4n) is 11.9. The molecule has 0 heterocycles. The summed E-state index contributed by atoms with van der Waals surface area (Å²) in [4.78, 5) is 48.4. The molecule has 588 valence electrons. The molecular formula is C88H75Cl6NO19. The van der Waals surface area contributed by atoms with Crippen molar-refractivity contribution in [1.82, 2.24) is 0 Å². The Labute approximate surface area is 686 Å². The van der Waals surface area contributed by atoms with E-state index in [2.05, 4.69) is 5.32 Å². The van der Waals surface area contributed by atoms with E-state index >= 15 is 0 Å². The van der Waals surface area contributed by atoms with Gasteiger partial charge in [0.2, 0.25) is 0 Å². The number of rotatable bonds is 24. The quantitative estimate of drug-likeness (QED) is 0.0201. The van der Waals surface area contributed by atoms with Crippen molar-refractivity contribution >= 4 is 105 Å². The monoisotopic (exact) mass is 1660 g/mol. The van der Waals surface area contributed by atoms with Gasteiger partial charge in [-0.25, -0.2) is 19.2 Å². The number of aromatic hydroxyl groups is 8. The van der Waals surface area contributed by atoms with Crippen molar-refractivity contribution in [1.29, 1.82) is 0 Å². The molecule has 0 aliphatic rings. The Morgan fingerprint density at radius 1 is 0.289 bits per heavy atom. The minimum atomic E-state index is -0.736. The van der Waals surface area contributed by atoms with Gasteiger partial charge in [0.05, 0.1) is 53.6 Å². The van der Waals surface area contributed by atoms with Gasteiger partial charge in [-0.2, -0.15) is 0 Å². The van der Waals surface area contributed by atoms with E-state index in [0.717, 1.165) is 57.9 Å². The fourth-order valence-corrected chi connectivity index (χ4v) is 13.2. The summed E-state index contributed by atoms with van der Waals surface area (Å²) in [6.45, 7) is 0. The Hall–Kier alpha value is -12.1. The molecule has 0 aliphatic heterocycles. The van der Waals surface area contributed by atoms with Crippen molar-refractivity contribution < 1.29 is 93.2 Å². The molecule has 0 spiro atoms. The fraction of sp³-hybridized carbons (Fsp3) is 0.136. The number of nitrogens with one attached hydrogen (secondary N) is 1. The predicted molar refractivity (Wildman–Crippen MR) is 439 cm³/mol. The van der Waals surface area contributed by atoms with Crippen LogP contribution in [-0.2, 0) is 70.3 Å². The molecule has 20 nitrogen and oxygen atoms in total. The van der Waals surface area contributed by atoms with Crippen LogP contribution >= 0.6 is 69.6 Å². The van der Waals surface area contributed by atoms with Gasteiger partial charge in [-0.1, -0.05) is 197 Å². The highest BCUT2D eigenvalue weighted by Gasteiger charge is 2.28. The Morgan fingerprint density at radius 3 is 0.956 bits per heavy atom. The molecule has 0 unspecified atom stereocenters. The molecule has 0 radical (unpaired) electrons. The number of esters is 4. The van der Waals surface area contributed by atoms with Gasteiger partial charge in [0.1, 0.15) is 103 Å². The summed E-state index contributed by atoms with van der Waals surface area (Å²) in [5.41, 5.74) is 6.51. The van der Waals surface area contributed by atoms with Gasteiger partial charge < -0.3 is 79.3 Å². The maximum Gasteiger partial charge on any atom is 0.341 e. The molecule has 114 heavy (non-hydrogen) atoms. The molecule has 12 aromatic carbocycles. The van der Waals surface area contributed by atoms with E-state index in [1.165, 1.54) is 28.4 Å². The second-order valence-electron chi connectivity index (χ2n) is 24.8. The zero-order valence-corrected chi connectivity index (χ0v) is 66.0. The van der Waals surface area contributed by atoms with E-state index < -0.39 is 35.4 Å². The first-order valence-corrected chi connectivity index (χ1v) is 37.1. The predicted octanol–water partition coefficient (Wildman–Crippen LogP) is 21.7. The number of hydrogen-bond donors (Lipinski definition) is 9. The summed E-state index contributed by atoms with van der Waals surface area (Å²) in [7, 11) is 4.86. The summed E-state index contributed by atoms with van der Waals surface area (Å²) in [5.74, 6) is -1.91. The Morgan fingerprint density at radius 2 is 0.588 bits per heavy atom. The molecule has 0 amide bonds. The number of carbonyl (C=O) groups excluding carboxylic acids is 4. The van der Waals surface area contributed by atoms with Crippen molar-refractivity contribution in [2.45, 2.75) is 51.4 Å². The molecule has 0 aliphatic carbocycles. The van der Waals surface area contributed by atoms with E-state index in [9.17, 15) is 60.0 Å². The Balaban J connectivity index is 0.000000174. The molecule has 26 heteroatoms. The molecule has 0 bridgehead atoms. The van der Waals surface area contributed by atoms with Crippen LogP contribution in [0.4, 0.5) is 11.4 Å². The van der Waals surface area contributed by atoms with Crippen LogP contribution in [0.15, 0.2) is 231 Å². The highest BCUT2D eigenvalue weighted by molar-refractivity contribution is 6.35. The number of phenolic OH excluding ortho intramolecular Hbond substituents is 8. The second-order valence-corrected chi connectivity index (χ2v) is 27.1. The Kier molecular flexibility index (Phi) is 31.2. The van der Waals surface area contributed by atoms with Gasteiger partial charge in [0, 0.05) is 40.7 Å². The first kappa shape index (κ1) is 85.9. The number of methoxy groups -OCH3 is 4. The molecular weight excluding hydrogens is 1590 g/mol. The molecule has 0 aromatic heterocycles. The number of carbonyl (C=O) groups is 4. The maximum absolute atomic E-state index is 12.1. The lowest BCUT2D eigenvalue weighted by Gasteiger charge is -2.15. The molecule has 9 N–H and O–H groups in total. The molecule has 12 aromatic rings. The molecule has 0 saturated heterocycles. The maximum atomic E-state index is 12.1. The molecule has 0 saturated carbocycles. The Bertz CT molecular complexity index is 5240. The number of phenols is 8. The van der Waals surface area contributed by atoms with E-state index in [4.69, 9.17) is 103 Å². The van der Waals surface area contributed by atoms with Crippen molar-refractivity contribution in [2.24, 2.45) is 0 Å². The minimum absolute atomic E-state index is 0.00330. The lowest BCUT2D eigenvalue weighted by molar-refractivity contribution is 0.0586. The van der Waals surface area contributed by atoms with Crippen molar-refractivity contribution in [2.75, 3.05) is 33.8 Å². The number of anilines is 2. The first-order valence-electron chi connectivity index (χ1n) is 34.8. The van der Waals surface area contributed by atoms with E-state index in [1.807, 2.05) is 164 Å². The third-order valence-electron chi connectivity index (χ3n) is 17.5. The summed E-state index contributed by atoms with van der Waals surface area (Å²) in [6, 6.07) is 67.6. The lowest BCUT2D eigenvalue weighted by atomic mass is 9.97. The highest BCUT2D eigenvalue weighted by atomic mass is 35.5. The van der Waals surface area contributed by atoms with E-state index in [1.54, 1.807) is 42.5 Å². The van der Waals surface area contributed by atoms with Crippen molar-refractivity contribution in [3.63, 3.8) is 0 Å². The number of aryl methyl sites for hydroxylation is 4. The molecule has 0 fully saturated rings. The zero-order valence-electron chi connectivity index (χ0n) is 61.4. The molecule has 0 atom stereocenters. The first-order chi connectivity index (χ1) is 54.8. The van der Waals surface area contributed by atoms with Gasteiger partial charge in [-0.15, -0.1) is 0 Å². The summed E-state index contributed by atoms with van der Waals surface area (Å²) >= 11 is 37.0. The minimum Gasteiger partial charge on any atom is -0.507 e. The van der Waals surface area contributed by atoms with Gasteiger partial charge in [0.25, 0.3) is 0 Å². The standard InChI is InChI=1S/2C22H18Cl2O5.C22H20ClNO4.C22H19ClO5/c1-28-22(27)20-14(21(24)17(26)12-16(20)25)11-10-13-6-2-4-8-18(13)29-19-9-5-3-7-15(19)23;1-28-22(27)20-16(21(24)18(26)12-17(20)25)10-9-13-5-2-3-8-19(13)29-15-7-4-6-14(23)11-15;1-28-22(27)20-16(21(23)19(26)13-18(20)25)12-11-14-7-5-6-10-17(14)24-15-8-3-2-4-9-15;1-27-22(26)20-16(21(23)18(25)13-17(20)24)12-11-14-7-5-6-10-19(14)28-15-8-3-2-4-9-15/h2-9,12,25-26H,10-11H2,1H3;2-8,11-12,25-26H,9-10H2,1H3;2-10,13,24-26H,11-12H2,1H3;2-10,13,24-25H,11-12H2,1H3. The van der Waals surface area contributed by atoms with Crippen LogP contribution < -0.4 is 19.5 Å². The van der Waals surface area contributed by atoms with E-state index in [0.29, 0.717) is 105 Å². The third-order valence-corrected chi connectivity index (χ3v) is 19.7. The van der Waals surface area contributed by atoms with Crippen LogP contribution in [-0.4, -0.2) is 93.2 Å². The number of halogens is 6. The van der Waals surface area contributed by atoms with Gasteiger partial charge in [-0.3, -0.25) is 0 Å². The number of ether oxygens (including phenoxy) is 7. The second kappa shape index (κ2) is 41.4. The van der Waals surface area contributed by atoms with Crippen LogP contribution in [0.5, 0.6) is 80.5 Å². The summed E-state index contributed by atoms with van der Waals surface area (Å²) in [5, 5.41) is 84.7. The normalized spacial score (nSPS) is 10.5. The van der Waals surface area contributed by atoms with Crippen LogP contribution in [0.3, 0.4) is 0 Å². The zero-order chi connectivity index (χ0) is 82.1. The van der Waals surface area contributed by atoms with Gasteiger partial charge >= 0.3 is 23.9 Å². The van der Waals surface area contributed by atoms with Crippen molar-refractivity contribution in [3.8, 4) is 80.5 Å². The largest absolute Gasteiger partial charge is 0.507 e. The van der Waals surface area contributed by atoms with Crippen LogP contribution in [0, 0.1) is 0 Å². The van der Waals surface area contributed by atoms with Crippen LogP contribution in [0.1, 0.15) is 85.9 Å². The highest BCUT2D eigenvalue weighted by Crippen LogP contribution is 2.43. The van der Waals surface area contributed by atoms with Gasteiger partial charge in [0.15, 0.2) is 0 Å². The summed E-state index contributed by atoms with van der Waals surface area (Å²) < 4.78 is 36.8. The van der Waals surface area contributed by atoms with Crippen LogP contribution in [0.2, 0.25) is 30.1 Å². The SMILES string of the molecule is COC(=O)c1c(O)cc(O)c(Cl)c1CCc1ccccc1Nc1ccccc1.COC(=O)c1c(O)cc(O)c(Cl)c1CCc1ccccc1Oc1cccc(Cl)c1.COC(=O)c1c(O)cc(O)c(Cl)c1CCc1ccccc1Oc1ccccc1.COC(=O)c1c(O)cc(O)c(Cl)c1CCc1ccccc1Oc1ccccc1Cl. The van der Waals surface area contributed by atoms with Gasteiger partial charge in [-0.05, 0) is 175 Å². The van der Waals surface area contributed by atoms with Crippen LogP contribution in [0.25, 0.3) is 0 Å². The number of hydrogen-bond acceptors (Lipinski definition) is 20.